The fraction of sp³-hybridized carbons (Fsp3) is 0.833. The zero-order valence-electron chi connectivity index (χ0n) is 8.28. The van der Waals surface area contributed by atoms with Gasteiger partial charge in [-0.25, -0.2) is 0 Å². The zero-order chi connectivity index (χ0) is 12.6. The molecule has 0 aliphatic carbocycles. The summed E-state index contributed by atoms with van der Waals surface area (Å²) in [5, 5.41) is 53.4. The summed E-state index contributed by atoms with van der Waals surface area (Å²) >= 11 is 1.06. The van der Waals surface area contributed by atoms with Crippen molar-refractivity contribution in [2.45, 2.75) is 24.4 Å². The van der Waals surface area contributed by atoms with Gasteiger partial charge in [0.05, 0.1) is 12.6 Å². The normalized spacial score (nSPS) is 16.8. The van der Waals surface area contributed by atoms with E-state index in [1.165, 1.54) is 0 Å². The summed E-state index contributed by atoms with van der Waals surface area (Å²) in [4.78, 5) is 9.98. The van der Waals surface area contributed by atoms with E-state index in [2.05, 4.69) is 3.72 Å². The van der Waals surface area contributed by atoms with E-state index >= 15 is 0 Å². The Kier molecular flexibility index (Phi) is 15.4. The third kappa shape index (κ3) is 7.35. The first-order valence-corrected chi connectivity index (χ1v) is 6.35. The molecule has 0 aromatic carbocycles. The Morgan fingerprint density at radius 2 is 1.56 bits per heavy atom. The van der Waals surface area contributed by atoms with Crippen LogP contribution in [-0.4, -0.2) is 68.0 Å². The first kappa shape index (κ1) is 21.4. The van der Waals surface area contributed by atoms with Crippen LogP contribution in [0.2, 0.25) is 0 Å². The van der Waals surface area contributed by atoms with Gasteiger partial charge in [0.2, 0.25) is 0 Å². The molecule has 0 radical (unpaired) electrons. The predicted molar refractivity (Wildman–Crippen MR) is 42.6 cm³/mol. The van der Waals surface area contributed by atoms with Crippen molar-refractivity contribution in [1.29, 1.82) is 0 Å². The number of carbonyl (C=O) groups excluding carboxylic acids is 1. The number of aliphatic hydroxyl groups is 5. The molecule has 0 spiro atoms. The van der Waals surface area contributed by atoms with Crippen molar-refractivity contribution in [3.8, 4) is 0 Å². The maximum absolute atomic E-state index is 9.98. The van der Waals surface area contributed by atoms with Gasteiger partial charge in [-0.15, -0.1) is 0 Å². The van der Waals surface area contributed by atoms with Crippen LogP contribution < -0.4 is 8.83 Å². The maximum atomic E-state index is 9.98. The average Bonchev–Trinajstić information content (AvgIpc) is 2.27. The SMILES string of the molecule is O.O=C([O-])[C@H](O)[C@@H](O)[C@H](O)[C@H](O)CO.[NH3+][Hf]. The minimum absolute atomic E-state index is 0. The van der Waals surface area contributed by atoms with Crippen LogP contribution in [0.3, 0.4) is 0 Å². The number of quaternary nitrogens is 1. The molecule has 0 aliphatic heterocycles. The monoisotopic (exact) mass is 410 g/mol. The van der Waals surface area contributed by atoms with Gasteiger partial charge < -0.3 is 40.9 Å². The Morgan fingerprint density at radius 1 is 1.19 bits per heavy atom. The Hall–Kier alpha value is 0.0601. The number of rotatable bonds is 5. The van der Waals surface area contributed by atoms with Crippen LogP contribution in [0.25, 0.3) is 0 Å². The standard InChI is InChI=1S/C6H12O7.Hf.H3N.H2O/c7-1-2(8)3(9)4(10)5(11)6(12)13;;;/h2-5,7-11H,1H2,(H,12,13);;1H3;1H2/q;+1;;/p-1/t2-,3-,4+,5-;;;/m1.../s1. The third-order valence-corrected chi connectivity index (χ3v) is 1.50. The Labute approximate surface area is 106 Å². The van der Waals surface area contributed by atoms with Gasteiger partial charge in [-0.05, 0) is 0 Å². The van der Waals surface area contributed by atoms with E-state index < -0.39 is 37.0 Å². The van der Waals surface area contributed by atoms with E-state index in [0.717, 1.165) is 24.7 Å². The molecule has 0 aliphatic rings. The van der Waals surface area contributed by atoms with Gasteiger partial charge in [0.1, 0.15) is 24.4 Å². The number of hydrogen-bond donors (Lipinski definition) is 6. The number of aliphatic hydroxyl groups excluding tert-OH is 5. The van der Waals surface area contributed by atoms with Crippen LogP contribution in [0.15, 0.2) is 0 Å². The zero-order valence-corrected chi connectivity index (χ0v) is 11.9. The van der Waals surface area contributed by atoms with E-state index in [-0.39, 0.29) is 5.48 Å². The summed E-state index contributed by atoms with van der Waals surface area (Å²) in [6.45, 7) is -0.863. The summed E-state index contributed by atoms with van der Waals surface area (Å²) in [5.74, 6) is -1.98. The molecule has 0 saturated carbocycles. The molecule has 9 nitrogen and oxygen atoms in total. The molecule has 0 rings (SSSR count). The van der Waals surface area contributed by atoms with Crippen molar-refractivity contribution in [2.75, 3.05) is 6.61 Å². The molecule has 97 valence electrons. The summed E-state index contributed by atoms with van der Waals surface area (Å²) in [7, 11) is 0. The van der Waals surface area contributed by atoms with Crippen LogP contribution >= 0.6 is 0 Å². The minimum atomic E-state index is -2.31. The van der Waals surface area contributed by atoms with Gasteiger partial charge in [-0.1, -0.05) is 0 Å². The summed E-state index contributed by atoms with van der Waals surface area (Å²) < 4.78 is 3.39. The molecule has 0 amide bonds. The van der Waals surface area contributed by atoms with Crippen LogP contribution in [0, 0.1) is 0 Å². The molecule has 4 atom stereocenters. The average molecular weight is 409 g/mol. The predicted octanol–water partition coefficient (Wildman–Crippen LogP) is -6.96. The molecule has 0 fully saturated rings. The second-order valence-electron chi connectivity index (χ2n) is 2.49. The van der Waals surface area contributed by atoms with Crippen LogP contribution in [0.1, 0.15) is 0 Å². The second-order valence-corrected chi connectivity index (χ2v) is 2.49. The molecule has 10 heteroatoms. The van der Waals surface area contributed by atoms with Crippen molar-refractivity contribution >= 4 is 5.97 Å². The Bertz CT molecular complexity index is 182. The number of aliphatic carboxylic acids is 1. The van der Waals surface area contributed by atoms with Gasteiger partial charge in [0, 0.05) is 0 Å². The van der Waals surface area contributed by atoms with E-state index in [1.54, 1.807) is 0 Å². The number of carboxylic acids is 1. The number of carbonyl (C=O) groups is 1. The summed E-state index contributed by atoms with van der Waals surface area (Å²) in [6.07, 6.45) is -8.08. The molecule has 0 saturated heterocycles. The summed E-state index contributed by atoms with van der Waals surface area (Å²) in [6, 6.07) is 0. The van der Waals surface area contributed by atoms with Crippen molar-refractivity contribution in [3.63, 3.8) is 0 Å². The molecule has 0 unspecified atom stereocenters. The summed E-state index contributed by atoms with van der Waals surface area (Å²) in [5.41, 5.74) is 0. The fourth-order valence-corrected chi connectivity index (χ4v) is 0.662. The van der Waals surface area contributed by atoms with E-state index in [1.807, 2.05) is 0 Å². The van der Waals surface area contributed by atoms with Gasteiger partial charge >= 0.3 is 28.4 Å². The number of hydrogen-bond acceptors (Lipinski definition) is 7. The molecule has 0 heterocycles. The Balaban J connectivity index is -0.000000529. The van der Waals surface area contributed by atoms with Gasteiger partial charge in [0.25, 0.3) is 0 Å². The topological polar surface area (TPSA) is 200 Å². The van der Waals surface area contributed by atoms with Crippen molar-refractivity contribution in [1.82, 2.24) is 0 Å². The third-order valence-electron chi connectivity index (χ3n) is 1.50. The van der Waals surface area contributed by atoms with Gasteiger partial charge in [-0.3, -0.25) is 0 Å². The first-order chi connectivity index (χ1) is 6.91. The molecule has 10 N–H and O–H groups in total. The van der Waals surface area contributed by atoms with Gasteiger partial charge in [-0.2, -0.15) is 0 Å². The fourth-order valence-electron chi connectivity index (χ4n) is 0.662. The quantitative estimate of drug-likeness (QED) is 0.242. The van der Waals surface area contributed by atoms with Crippen molar-refractivity contribution in [3.05, 3.63) is 0 Å². The van der Waals surface area contributed by atoms with Gasteiger partial charge in [0.15, 0.2) is 0 Å². The van der Waals surface area contributed by atoms with E-state index in [4.69, 9.17) is 25.5 Å². The molecule has 0 aromatic heterocycles. The van der Waals surface area contributed by atoms with Crippen molar-refractivity contribution in [2.24, 2.45) is 0 Å². The molecule has 16 heavy (non-hydrogen) atoms. The van der Waals surface area contributed by atoms with Crippen LogP contribution in [-0.2, 0) is 29.5 Å². The van der Waals surface area contributed by atoms with Crippen LogP contribution in [0.4, 0.5) is 0 Å². The second kappa shape index (κ2) is 11.5. The van der Waals surface area contributed by atoms with E-state index in [9.17, 15) is 9.90 Å². The van der Waals surface area contributed by atoms with E-state index in [0.29, 0.717) is 0 Å². The number of carboxylic acid groups (broad SMARTS) is 1. The molecule has 0 aromatic rings. The molecule has 0 bridgehead atoms. The molecular weight excluding hydrogens is 393 g/mol. The van der Waals surface area contributed by atoms with Crippen molar-refractivity contribution < 1.29 is 69.3 Å². The van der Waals surface area contributed by atoms with Crippen LogP contribution in [0.5, 0.6) is 0 Å². The molecular formula is C6H16HfNO8. The first-order valence-electron chi connectivity index (χ1n) is 3.81. The Morgan fingerprint density at radius 3 is 1.81 bits per heavy atom.